The lowest BCUT2D eigenvalue weighted by atomic mass is 10.0. The van der Waals surface area contributed by atoms with Crippen LogP contribution in [0.2, 0.25) is 0 Å². The maximum absolute atomic E-state index is 4.08. The summed E-state index contributed by atoms with van der Waals surface area (Å²) < 4.78 is 2.64. The van der Waals surface area contributed by atoms with Gasteiger partial charge in [-0.15, -0.1) is 5.10 Å². The smallest absolute Gasteiger partial charge is 0.153 e. The molecule has 6 heteroatoms. The predicted octanol–water partition coefficient (Wildman–Crippen LogP) is 3.04. The van der Waals surface area contributed by atoms with Crippen LogP contribution < -0.4 is 5.32 Å². The fraction of sp³-hybridized carbons (Fsp3) is 0.500. The first-order chi connectivity index (χ1) is 8.65. The van der Waals surface area contributed by atoms with Crippen LogP contribution in [-0.2, 0) is 7.05 Å². The van der Waals surface area contributed by atoms with E-state index in [1.54, 1.807) is 11.3 Å². The molecule has 1 atom stereocenters. The quantitative estimate of drug-likeness (QED) is 0.917. The molecule has 0 bridgehead atoms. The molecule has 0 amide bonds. The molecule has 1 unspecified atom stereocenters. The van der Waals surface area contributed by atoms with Gasteiger partial charge in [0.05, 0.1) is 11.7 Å². The third-order valence-electron chi connectivity index (χ3n) is 2.90. The molecule has 0 radical (unpaired) electrons. The Balaban J connectivity index is 2.40. The molecule has 0 aromatic carbocycles. The van der Waals surface area contributed by atoms with Crippen molar-refractivity contribution >= 4 is 27.3 Å². The number of hydrogen-bond donors (Lipinski definition) is 1. The van der Waals surface area contributed by atoms with Crippen molar-refractivity contribution in [2.75, 3.05) is 6.54 Å². The number of halogens is 1. The van der Waals surface area contributed by atoms with E-state index in [9.17, 15) is 0 Å². The van der Waals surface area contributed by atoms with E-state index in [2.05, 4.69) is 56.2 Å². The number of hydrogen-bond acceptors (Lipinski definition) is 4. The predicted molar refractivity (Wildman–Crippen MR) is 77.9 cm³/mol. The summed E-state index contributed by atoms with van der Waals surface area (Å²) >= 11 is 5.22. The molecular formula is C12H17BrN4S. The van der Waals surface area contributed by atoms with E-state index in [1.165, 1.54) is 11.1 Å². The van der Waals surface area contributed by atoms with Crippen LogP contribution in [0.3, 0.4) is 0 Å². The molecule has 4 nitrogen and oxygen atoms in total. The summed E-state index contributed by atoms with van der Waals surface area (Å²) in [7, 11) is 1.93. The molecular weight excluding hydrogens is 312 g/mol. The van der Waals surface area contributed by atoms with Crippen LogP contribution in [0.4, 0.5) is 0 Å². The van der Waals surface area contributed by atoms with Gasteiger partial charge in [-0.25, -0.2) is 4.68 Å². The summed E-state index contributed by atoms with van der Waals surface area (Å²) in [5, 5.41) is 16.1. The first-order valence-electron chi connectivity index (χ1n) is 5.96. The van der Waals surface area contributed by atoms with Crippen molar-refractivity contribution in [3.63, 3.8) is 0 Å². The van der Waals surface area contributed by atoms with Crippen molar-refractivity contribution in [1.82, 2.24) is 20.3 Å². The van der Waals surface area contributed by atoms with Gasteiger partial charge in [-0.2, -0.15) is 11.3 Å². The molecule has 0 aliphatic heterocycles. The number of nitrogens with one attached hydrogen (secondary N) is 1. The van der Waals surface area contributed by atoms with E-state index in [0.29, 0.717) is 0 Å². The molecule has 2 aromatic heterocycles. The van der Waals surface area contributed by atoms with Crippen LogP contribution in [0.15, 0.2) is 15.4 Å². The molecule has 0 aliphatic carbocycles. The molecule has 0 aliphatic rings. The minimum absolute atomic E-state index is 0.144. The van der Waals surface area contributed by atoms with Crippen molar-refractivity contribution in [3.8, 4) is 0 Å². The van der Waals surface area contributed by atoms with Crippen molar-refractivity contribution < 1.29 is 0 Å². The minimum Gasteiger partial charge on any atom is -0.305 e. The van der Waals surface area contributed by atoms with Gasteiger partial charge in [0, 0.05) is 7.05 Å². The Hall–Kier alpha value is -0.720. The third kappa shape index (κ3) is 2.65. The number of rotatable bonds is 5. The lowest BCUT2D eigenvalue weighted by molar-refractivity contribution is 0.549. The maximum atomic E-state index is 4.08. The van der Waals surface area contributed by atoms with Crippen molar-refractivity contribution in [2.45, 2.75) is 26.3 Å². The largest absolute Gasteiger partial charge is 0.305 e. The Kier molecular flexibility index (Phi) is 4.53. The van der Waals surface area contributed by atoms with Crippen LogP contribution in [0.5, 0.6) is 0 Å². The van der Waals surface area contributed by atoms with E-state index in [-0.39, 0.29) is 6.04 Å². The van der Waals surface area contributed by atoms with Gasteiger partial charge in [-0.3, -0.25) is 0 Å². The van der Waals surface area contributed by atoms with E-state index in [1.807, 2.05) is 11.7 Å². The molecule has 0 spiro atoms. The maximum Gasteiger partial charge on any atom is 0.153 e. The number of aromatic nitrogens is 3. The van der Waals surface area contributed by atoms with Crippen LogP contribution in [0.1, 0.15) is 36.2 Å². The normalized spacial score (nSPS) is 12.9. The zero-order chi connectivity index (χ0) is 13.1. The second-order valence-electron chi connectivity index (χ2n) is 4.29. The Bertz CT molecular complexity index is 500. The Morgan fingerprint density at radius 1 is 1.50 bits per heavy atom. The lowest BCUT2D eigenvalue weighted by Crippen LogP contribution is -2.25. The Labute approximate surface area is 120 Å². The van der Waals surface area contributed by atoms with Gasteiger partial charge in [-0.1, -0.05) is 12.1 Å². The molecule has 2 heterocycles. The molecule has 2 rings (SSSR count). The second-order valence-corrected chi connectivity index (χ2v) is 5.78. The minimum atomic E-state index is 0.144. The van der Waals surface area contributed by atoms with Crippen LogP contribution in [0.25, 0.3) is 0 Å². The SMILES string of the molecule is CCCNC(c1cscc1C)c1c(Br)nnn1C. The molecule has 1 N–H and O–H groups in total. The average molecular weight is 329 g/mol. The van der Waals surface area contributed by atoms with E-state index in [4.69, 9.17) is 0 Å². The van der Waals surface area contributed by atoms with Gasteiger partial charge >= 0.3 is 0 Å². The Morgan fingerprint density at radius 2 is 2.28 bits per heavy atom. The highest BCUT2D eigenvalue weighted by Crippen LogP contribution is 2.30. The highest BCUT2D eigenvalue weighted by molar-refractivity contribution is 9.10. The number of nitrogens with zero attached hydrogens (tertiary/aromatic N) is 3. The second kappa shape index (κ2) is 5.95. The zero-order valence-electron chi connectivity index (χ0n) is 10.8. The van der Waals surface area contributed by atoms with Gasteiger partial charge in [-0.05, 0) is 57.7 Å². The summed E-state index contributed by atoms with van der Waals surface area (Å²) in [6.07, 6.45) is 1.10. The summed E-state index contributed by atoms with van der Waals surface area (Å²) in [5.74, 6) is 0. The van der Waals surface area contributed by atoms with Gasteiger partial charge in [0.25, 0.3) is 0 Å². The standard InChI is InChI=1S/C12H17BrN4S/c1-4-5-14-10(9-7-18-6-8(9)2)11-12(13)15-16-17(11)3/h6-7,10,14H,4-5H2,1-3H3. The van der Waals surface area contributed by atoms with Crippen LogP contribution >= 0.6 is 27.3 Å². The zero-order valence-corrected chi connectivity index (χ0v) is 13.2. The van der Waals surface area contributed by atoms with Crippen LogP contribution in [0, 0.1) is 6.92 Å². The first kappa shape index (κ1) is 13.7. The lowest BCUT2D eigenvalue weighted by Gasteiger charge is -2.19. The van der Waals surface area contributed by atoms with Gasteiger partial charge in [0.2, 0.25) is 0 Å². The summed E-state index contributed by atoms with van der Waals surface area (Å²) in [6, 6.07) is 0.144. The molecule has 18 heavy (non-hydrogen) atoms. The summed E-state index contributed by atoms with van der Waals surface area (Å²) in [4.78, 5) is 0. The van der Waals surface area contributed by atoms with Gasteiger partial charge < -0.3 is 5.32 Å². The van der Waals surface area contributed by atoms with E-state index < -0.39 is 0 Å². The number of thiophene rings is 1. The monoisotopic (exact) mass is 328 g/mol. The fourth-order valence-electron chi connectivity index (χ4n) is 1.95. The topological polar surface area (TPSA) is 42.7 Å². The molecule has 98 valence electrons. The molecule has 0 saturated heterocycles. The Morgan fingerprint density at radius 3 is 2.78 bits per heavy atom. The highest BCUT2D eigenvalue weighted by atomic mass is 79.9. The van der Waals surface area contributed by atoms with Crippen molar-refractivity contribution in [2.24, 2.45) is 7.05 Å². The third-order valence-corrected chi connectivity index (χ3v) is 4.35. The molecule has 2 aromatic rings. The van der Waals surface area contributed by atoms with E-state index in [0.717, 1.165) is 23.3 Å². The van der Waals surface area contributed by atoms with Crippen molar-refractivity contribution in [3.05, 3.63) is 32.2 Å². The summed E-state index contributed by atoms with van der Waals surface area (Å²) in [6.45, 7) is 5.28. The molecule has 0 fully saturated rings. The average Bonchev–Trinajstić information content (AvgIpc) is 2.90. The fourth-order valence-corrected chi connectivity index (χ4v) is 3.39. The van der Waals surface area contributed by atoms with Crippen molar-refractivity contribution in [1.29, 1.82) is 0 Å². The van der Waals surface area contributed by atoms with Crippen LogP contribution in [-0.4, -0.2) is 21.5 Å². The number of aryl methyl sites for hydroxylation is 2. The first-order valence-corrected chi connectivity index (χ1v) is 7.69. The summed E-state index contributed by atoms with van der Waals surface area (Å²) in [5.41, 5.74) is 3.69. The molecule has 0 saturated carbocycles. The van der Waals surface area contributed by atoms with Gasteiger partial charge in [0.15, 0.2) is 4.60 Å². The van der Waals surface area contributed by atoms with Gasteiger partial charge in [0.1, 0.15) is 0 Å². The highest BCUT2D eigenvalue weighted by Gasteiger charge is 2.23. The van der Waals surface area contributed by atoms with E-state index >= 15 is 0 Å².